The van der Waals surface area contributed by atoms with Gasteiger partial charge in [-0.05, 0) is 31.4 Å². The summed E-state index contributed by atoms with van der Waals surface area (Å²) in [5.74, 6) is -0.882. The van der Waals surface area contributed by atoms with E-state index in [0.29, 0.717) is 29.1 Å². The molecule has 1 saturated carbocycles. The molecular weight excluding hydrogens is 240 g/mol. The van der Waals surface area contributed by atoms with Crippen molar-refractivity contribution in [3.05, 3.63) is 28.8 Å². The van der Waals surface area contributed by atoms with Crippen LogP contribution in [0.1, 0.15) is 24.8 Å². The van der Waals surface area contributed by atoms with E-state index in [1.165, 1.54) is 0 Å². The van der Waals surface area contributed by atoms with Crippen molar-refractivity contribution in [3.63, 3.8) is 0 Å². The molecule has 0 aliphatic heterocycles. The maximum Gasteiger partial charge on any atom is 0.329 e. The van der Waals surface area contributed by atoms with Crippen LogP contribution in [-0.4, -0.2) is 16.6 Å². The summed E-state index contributed by atoms with van der Waals surface area (Å²) in [6, 6.07) is 6.97. The number of halogens is 1. The van der Waals surface area contributed by atoms with Gasteiger partial charge in [-0.3, -0.25) is 0 Å². The normalized spacial score (nSPS) is 16.7. The first-order valence-electron chi connectivity index (χ1n) is 5.29. The van der Waals surface area contributed by atoms with Crippen LogP contribution in [0, 0.1) is 11.3 Å². The van der Waals surface area contributed by atoms with E-state index in [0.717, 1.165) is 6.42 Å². The van der Waals surface area contributed by atoms with Crippen molar-refractivity contribution in [1.29, 1.82) is 5.26 Å². The minimum Gasteiger partial charge on any atom is -0.480 e. The van der Waals surface area contributed by atoms with Crippen LogP contribution < -0.4 is 5.32 Å². The lowest BCUT2D eigenvalue weighted by Crippen LogP contribution is -2.52. The average molecular weight is 251 g/mol. The Balaban J connectivity index is 2.34. The van der Waals surface area contributed by atoms with Crippen molar-refractivity contribution >= 4 is 23.3 Å². The molecular formula is C12H11ClN2O2. The van der Waals surface area contributed by atoms with Gasteiger partial charge in [0.1, 0.15) is 11.6 Å². The van der Waals surface area contributed by atoms with Crippen molar-refractivity contribution in [3.8, 4) is 6.07 Å². The lowest BCUT2D eigenvalue weighted by molar-refractivity contribution is -0.145. The molecule has 88 valence electrons. The van der Waals surface area contributed by atoms with Crippen LogP contribution in [0.2, 0.25) is 5.02 Å². The number of rotatable bonds is 3. The number of anilines is 1. The highest BCUT2D eigenvalue weighted by Crippen LogP contribution is 2.37. The van der Waals surface area contributed by atoms with E-state index in [1.807, 2.05) is 6.07 Å². The summed E-state index contributed by atoms with van der Waals surface area (Å²) in [7, 11) is 0. The second kappa shape index (κ2) is 4.27. The molecule has 1 aliphatic carbocycles. The molecule has 0 spiro atoms. The van der Waals surface area contributed by atoms with Crippen molar-refractivity contribution in [2.75, 3.05) is 5.32 Å². The first kappa shape index (κ1) is 11.7. The zero-order chi connectivity index (χ0) is 12.5. The molecule has 1 fully saturated rings. The number of nitrogens with zero attached hydrogens (tertiary/aromatic N) is 1. The van der Waals surface area contributed by atoms with Gasteiger partial charge in [0.25, 0.3) is 0 Å². The van der Waals surface area contributed by atoms with E-state index in [1.54, 1.807) is 18.2 Å². The third kappa shape index (κ3) is 1.94. The number of nitriles is 1. The molecule has 1 aromatic rings. The molecule has 4 nitrogen and oxygen atoms in total. The Morgan fingerprint density at radius 1 is 1.53 bits per heavy atom. The van der Waals surface area contributed by atoms with Gasteiger partial charge < -0.3 is 10.4 Å². The molecule has 2 rings (SSSR count). The number of hydrogen-bond donors (Lipinski definition) is 2. The fraction of sp³-hybridized carbons (Fsp3) is 0.333. The maximum atomic E-state index is 11.2. The SMILES string of the molecule is N#Cc1c(Cl)cccc1NC1(C(=O)O)CCC1. The van der Waals surface area contributed by atoms with Crippen LogP contribution in [-0.2, 0) is 4.79 Å². The standard InChI is InChI=1S/C12H11ClN2O2/c13-9-3-1-4-10(8(9)7-14)15-12(11(16)17)5-2-6-12/h1,3-4,15H,2,5-6H2,(H,16,17). The third-order valence-corrected chi connectivity index (χ3v) is 3.43. The Hall–Kier alpha value is -1.73. The lowest BCUT2D eigenvalue weighted by atomic mass is 9.76. The van der Waals surface area contributed by atoms with E-state index in [-0.39, 0.29) is 0 Å². The molecule has 0 amide bonds. The Labute approximate surface area is 104 Å². The van der Waals surface area contributed by atoms with Crippen LogP contribution in [0.5, 0.6) is 0 Å². The number of hydrogen-bond acceptors (Lipinski definition) is 3. The highest BCUT2D eigenvalue weighted by Gasteiger charge is 2.44. The number of aliphatic carboxylic acids is 1. The van der Waals surface area contributed by atoms with Crippen molar-refractivity contribution in [1.82, 2.24) is 0 Å². The molecule has 1 aromatic carbocycles. The van der Waals surface area contributed by atoms with Gasteiger partial charge in [0, 0.05) is 0 Å². The van der Waals surface area contributed by atoms with Crippen molar-refractivity contribution < 1.29 is 9.90 Å². The van der Waals surface area contributed by atoms with Gasteiger partial charge in [-0.25, -0.2) is 4.79 Å². The maximum absolute atomic E-state index is 11.2. The molecule has 0 atom stereocenters. The number of nitrogens with one attached hydrogen (secondary N) is 1. The van der Waals surface area contributed by atoms with Gasteiger partial charge in [-0.1, -0.05) is 17.7 Å². The number of carboxylic acid groups (broad SMARTS) is 1. The number of benzene rings is 1. The topological polar surface area (TPSA) is 73.1 Å². The first-order valence-corrected chi connectivity index (χ1v) is 5.67. The molecule has 1 aliphatic rings. The summed E-state index contributed by atoms with van der Waals surface area (Å²) in [6.07, 6.45) is 2.02. The molecule has 2 N–H and O–H groups in total. The minimum atomic E-state index is -0.934. The molecule has 0 saturated heterocycles. The van der Waals surface area contributed by atoms with E-state index in [9.17, 15) is 9.90 Å². The highest BCUT2D eigenvalue weighted by atomic mass is 35.5. The molecule has 0 heterocycles. The van der Waals surface area contributed by atoms with Crippen molar-refractivity contribution in [2.24, 2.45) is 0 Å². The predicted octanol–water partition coefficient (Wildman–Crippen LogP) is 2.63. The average Bonchev–Trinajstić information content (AvgIpc) is 2.23. The number of carboxylic acids is 1. The smallest absolute Gasteiger partial charge is 0.329 e. The van der Waals surface area contributed by atoms with E-state index >= 15 is 0 Å². The predicted molar refractivity (Wildman–Crippen MR) is 64.0 cm³/mol. The van der Waals surface area contributed by atoms with Crippen molar-refractivity contribution in [2.45, 2.75) is 24.8 Å². The Morgan fingerprint density at radius 3 is 2.71 bits per heavy atom. The summed E-state index contributed by atoms with van der Waals surface area (Å²) in [5.41, 5.74) is -0.153. The van der Waals surface area contributed by atoms with E-state index < -0.39 is 11.5 Å². The van der Waals surface area contributed by atoms with Crippen LogP contribution in [0.4, 0.5) is 5.69 Å². The van der Waals surface area contributed by atoms with Gasteiger partial charge in [-0.2, -0.15) is 5.26 Å². The Bertz CT molecular complexity index is 504. The van der Waals surface area contributed by atoms with E-state index in [4.69, 9.17) is 16.9 Å². The lowest BCUT2D eigenvalue weighted by Gasteiger charge is -2.39. The van der Waals surface area contributed by atoms with Gasteiger partial charge in [0.15, 0.2) is 0 Å². The Kier molecular flexibility index (Phi) is 2.95. The first-order chi connectivity index (χ1) is 8.09. The molecule has 0 radical (unpaired) electrons. The van der Waals surface area contributed by atoms with Gasteiger partial charge in [0.2, 0.25) is 0 Å². The summed E-state index contributed by atoms with van der Waals surface area (Å²) < 4.78 is 0. The second-order valence-corrected chi connectivity index (χ2v) is 4.55. The summed E-state index contributed by atoms with van der Waals surface area (Å²) >= 11 is 5.89. The summed E-state index contributed by atoms with van der Waals surface area (Å²) in [6.45, 7) is 0. The quantitative estimate of drug-likeness (QED) is 0.865. The fourth-order valence-corrected chi connectivity index (χ4v) is 2.14. The van der Waals surface area contributed by atoms with Crippen LogP contribution in [0.25, 0.3) is 0 Å². The van der Waals surface area contributed by atoms with E-state index in [2.05, 4.69) is 5.32 Å². The minimum absolute atomic E-state index is 0.293. The van der Waals surface area contributed by atoms with Gasteiger partial charge >= 0.3 is 5.97 Å². The monoisotopic (exact) mass is 250 g/mol. The second-order valence-electron chi connectivity index (χ2n) is 4.14. The Morgan fingerprint density at radius 2 is 2.24 bits per heavy atom. The van der Waals surface area contributed by atoms with Crippen LogP contribution in [0.15, 0.2) is 18.2 Å². The van der Waals surface area contributed by atoms with Gasteiger partial charge in [0.05, 0.1) is 16.3 Å². The molecule has 5 heteroatoms. The summed E-state index contributed by atoms with van der Waals surface area (Å²) in [5, 5.41) is 21.5. The zero-order valence-corrected chi connectivity index (χ0v) is 9.79. The fourth-order valence-electron chi connectivity index (χ4n) is 1.92. The summed E-state index contributed by atoms with van der Waals surface area (Å²) in [4.78, 5) is 11.2. The highest BCUT2D eigenvalue weighted by molar-refractivity contribution is 6.32. The third-order valence-electron chi connectivity index (χ3n) is 3.12. The molecule has 17 heavy (non-hydrogen) atoms. The molecule has 0 aromatic heterocycles. The number of carbonyl (C=O) groups is 1. The molecule has 0 unspecified atom stereocenters. The van der Waals surface area contributed by atoms with Crippen LogP contribution >= 0.6 is 11.6 Å². The van der Waals surface area contributed by atoms with Gasteiger partial charge in [-0.15, -0.1) is 0 Å². The zero-order valence-electron chi connectivity index (χ0n) is 9.03. The van der Waals surface area contributed by atoms with Crippen LogP contribution in [0.3, 0.4) is 0 Å². The molecule has 0 bridgehead atoms. The largest absolute Gasteiger partial charge is 0.480 e.